The average molecular weight is 391 g/mol. The van der Waals surface area contributed by atoms with Crippen LogP contribution in [-0.2, 0) is 24.4 Å². The molecular formula is C18H21N3O5S. The third kappa shape index (κ3) is 3.65. The predicted molar refractivity (Wildman–Crippen MR) is 98.1 cm³/mol. The molecule has 1 heterocycles. The van der Waals surface area contributed by atoms with E-state index in [0.717, 1.165) is 4.90 Å². The van der Waals surface area contributed by atoms with E-state index in [-0.39, 0.29) is 40.8 Å². The Morgan fingerprint density at radius 3 is 2.30 bits per heavy atom. The number of carbonyl (C=O) groups excluding carboxylic acids is 3. The first-order valence-corrected chi connectivity index (χ1v) is 10.1. The first-order chi connectivity index (χ1) is 12.7. The second-order valence-electron chi connectivity index (χ2n) is 6.65. The highest BCUT2D eigenvalue weighted by Crippen LogP contribution is 2.34. The largest absolute Gasteiger partial charge is 0.324 e. The Labute approximate surface area is 157 Å². The molecule has 2 aliphatic rings. The molecule has 8 nitrogen and oxygen atoms in total. The van der Waals surface area contributed by atoms with Gasteiger partial charge in [-0.15, -0.1) is 0 Å². The lowest BCUT2D eigenvalue weighted by molar-refractivity contribution is -0.142. The van der Waals surface area contributed by atoms with Crippen LogP contribution in [0.5, 0.6) is 0 Å². The van der Waals surface area contributed by atoms with Crippen LogP contribution in [0, 0.1) is 18.8 Å². The Hall–Kier alpha value is -2.52. The normalized spacial score (nSPS) is 22.1. The van der Waals surface area contributed by atoms with Gasteiger partial charge in [-0.2, -0.15) is 0 Å². The fourth-order valence-corrected chi connectivity index (χ4v) is 4.44. The molecule has 1 aromatic rings. The number of fused-ring (bicyclic) bond motifs is 1. The fourth-order valence-electron chi connectivity index (χ4n) is 3.45. The summed E-state index contributed by atoms with van der Waals surface area (Å²) in [7, 11) is -2.36. The molecule has 2 atom stereocenters. The van der Waals surface area contributed by atoms with E-state index in [4.69, 9.17) is 0 Å². The van der Waals surface area contributed by atoms with E-state index < -0.39 is 15.9 Å². The summed E-state index contributed by atoms with van der Waals surface area (Å²) >= 11 is 0. The van der Waals surface area contributed by atoms with Crippen LogP contribution in [0.25, 0.3) is 0 Å². The minimum atomic E-state index is -3.67. The van der Waals surface area contributed by atoms with E-state index in [1.165, 1.54) is 13.1 Å². The summed E-state index contributed by atoms with van der Waals surface area (Å²) < 4.78 is 26.3. The van der Waals surface area contributed by atoms with Crippen LogP contribution in [0.3, 0.4) is 0 Å². The molecule has 2 N–H and O–H groups in total. The van der Waals surface area contributed by atoms with Crippen LogP contribution >= 0.6 is 0 Å². The van der Waals surface area contributed by atoms with Gasteiger partial charge in [-0.05, 0) is 44.5 Å². The van der Waals surface area contributed by atoms with Crippen molar-refractivity contribution in [1.29, 1.82) is 0 Å². The molecule has 3 rings (SSSR count). The van der Waals surface area contributed by atoms with Crippen molar-refractivity contribution < 1.29 is 22.8 Å². The highest BCUT2D eigenvalue weighted by atomic mass is 32.2. The van der Waals surface area contributed by atoms with Crippen molar-refractivity contribution >= 4 is 33.4 Å². The van der Waals surface area contributed by atoms with Gasteiger partial charge in [-0.25, -0.2) is 13.1 Å². The van der Waals surface area contributed by atoms with E-state index >= 15 is 0 Å². The molecule has 1 saturated heterocycles. The van der Waals surface area contributed by atoms with E-state index in [1.54, 1.807) is 19.1 Å². The molecular weight excluding hydrogens is 370 g/mol. The number of sulfonamides is 1. The summed E-state index contributed by atoms with van der Waals surface area (Å²) in [6.07, 6.45) is 4.78. The topological polar surface area (TPSA) is 113 Å². The number of benzene rings is 1. The molecule has 1 aromatic carbocycles. The number of imide groups is 1. The number of aryl methyl sites for hydroxylation is 1. The maximum Gasteiger partial charge on any atom is 0.244 e. The number of allylic oxidation sites excluding steroid dienone is 2. The third-order valence-corrected chi connectivity index (χ3v) is 6.49. The second-order valence-corrected chi connectivity index (χ2v) is 8.51. The Balaban J connectivity index is 1.73. The molecule has 1 fully saturated rings. The van der Waals surface area contributed by atoms with Gasteiger partial charge in [0.1, 0.15) is 6.54 Å². The van der Waals surface area contributed by atoms with Crippen molar-refractivity contribution in [3.63, 3.8) is 0 Å². The lowest BCUT2D eigenvalue weighted by atomic mass is 9.85. The molecule has 3 amide bonds. The maximum atomic E-state index is 12.4. The molecule has 9 heteroatoms. The van der Waals surface area contributed by atoms with Gasteiger partial charge in [0.05, 0.1) is 16.7 Å². The summed E-state index contributed by atoms with van der Waals surface area (Å²) in [5.74, 6) is -1.98. The average Bonchev–Trinajstić information content (AvgIpc) is 2.88. The predicted octanol–water partition coefficient (Wildman–Crippen LogP) is 0.793. The van der Waals surface area contributed by atoms with Gasteiger partial charge in [-0.3, -0.25) is 19.3 Å². The molecule has 1 aliphatic heterocycles. The summed E-state index contributed by atoms with van der Waals surface area (Å²) in [6, 6.07) is 4.49. The van der Waals surface area contributed by atoms with Crippen LogP contribution in [0.1, 0.15) is 18.4 Å². The molecule has 0 aromatic heterocycles. The first-order valence-electron chi connectivity index (χ1n) is 8.59. The van der Waals surface area contributed by atoms with Crippen LogP contribution < -0.4 is 10.0 Å². The zero-order chi connectivity index (χ0) is 19.8. The minimum Gasteiger partial charge on any atom is -0.324 e. The number of rotatable bonds is 5. The molecule has 27 heavy (non-hydrogen) atoms. The molecule has 1 aliphatic carbocycles. The van der Waals surface area contributed by atoms with E-state index in [0.29, 0.717) is 18.4 Å². The fraction of sp³-hybridized carbons (Fsp3) is 0.389. The first kappa shape index (κ1) is 19.2. The molecule has 0 unspecified atom stereocenters. The third-order valence-electron chi connectivity index (χ3n) is 4.93. The molecule has 0 bridgehead atoms. The smallest absolute Gasteiger partial charge is 0.244 e. The quantitative estimate of drug-likeness (QED) is 0.569. The van der Waals surface area contributed by atoms with Crippen molar-refractivity contribution in [3.8, 4) is 0 Å². The van der Waals surface area contributed by atoms with E-state index in [9.17, 15) is 22.8 Å². The van der Waals surface area contributed by atoms with E-state index in [1.807, 2.05) is 12.2 Å². The zero-order valence-corrected chi connectivity index (χ0v) is 15.9. The number of anilines is 1. The Bertz CT molecular complexity index is 912. The highest BCUT2D eigenvalue weighted by Gasteiger charge is 2.47. The van der Waals surface area contributed by atoms with Crippen molar-refractivity contribution in [2.24, 2.45) is 11.8 Å². The summed E-state index contributed by atoms with van der Waals surface area (Å²) in [5, 5.41) is 2.56. The number of amides is 3. The van der Waals surface area contributed by atoms with Gasteiger partial charge in [0.2, 0.25) is 27.7 Å². The minimum absolute atomic E-state index is 0.0493. The van der Waals surface area contributed by atoms with E-state index in [2.05, 4.69) is 10.0 Å². The lowest BCUT2D eigenvalue weighted by Crippen LogP contribution is -2.38. The number of likely N-dealkylation sites (tertiary alicyclic amines) is 1. The number of hydrogen-bond donors (Lipinski definition) is 2. The van der Waals surface area contributed by atoms with Crippen LogP contribution in [0.2, 0.25) is 0 Å². The summed E-state index contributed by atoms with van der Waals surface area (Å²) in [6.45, 7) is 1.26. The standard InChI is InChI=1S/C18H21N3O5S/c1-11-7-8-12(9-15(11)27(25,26)19-2)20-16(22)10-21-17(23)13-5-3-4-6-14(13)18(21)24/h3-4,7-9,13-14,19H,5-6,10H2,1-2H3,(H,20,22)/t13-,14-/m1/s1. The highest BCUT2D eigenvalue weighted by molar-refractivity contribution is 7.89. The molecule has 0 saturated carbocycles. The molecule has 144 valence electrons. The SMILES string of the molecule is CNS(=O)(=O)c1cc(NC(=O)CN2C(=O)[C@@H]3CC=CC[C@H]3C2=O)ccc1C. The Kier molecular flexibility index (Phi) is 5.16. The van der Waals surface area contributed by atoms with Gasteiger partial charge in [0.25, 0.3) is 0 Å². The number of carbonyl (C=O) groups is 3. The van der Waals surface area contributed by atoms with Gasteiger partial charge >= 0.3 is 0 Å². The van der Waals surface area contributed by atoms with Gasteiger partial charge in [-0.1, -0.05) is 18.2 Å². The number of nitrogens with zero attached hydrogens (tertiary/aromatic N) is 1. The zero-order valence-electron chi connectivity index (χ0n) is 15.1. The summed E-state index contributed by atoms with van der Waals surface area (Å²) in [4.78, 5) is 38.2. The summed E-state index contributed by atoms with van der Waals surface area (Å²) in [5.41, 5.74) is 0.807. The van der Waals surface area contributed by atoms with Crippen molar-refractivity contribution in [1.82, 2.24) is 9.62 Å². The van der Waals surface area contributed by atoms with Gasteiger partial charge in [0.15, 0.2) is 0 Å². The van der Waals surface area contributed by atoms with Crippen molar-refractivity contribution in [2.75, 3.05) is 18.9 Å². The van der Waals surface area contributed by atoms with Crippen molar-refractivity contribution in [2.45, 2.75) is 24.7 Å². The molecule has 0 radical (unpaired) electrons. The van der Waals surface area contributed by atoms with Crippen LogP contribution in [0.15, 0.2) is 35.2 Å². The lowest BCUT2D eigenvalue weighted by Gasteiger charge is -2.15. The van der Waals surface area contributed by atoms with Gasteiger partial charge < -0.3 is 5.32 Å². The van der Waals surface area contributed by atoms with Gasteiger partial charge in [0, 0.05) is 5.69 Å². The van der Waals surface area contributed by atoms with Crippen molar-refractivity contribution in [3.05, 3.63) is 35.9 Å². The second kappa shape index (κ2) is 7.24. The monoisotopic (exact) mass is 391 g/mol. The Morgan fingerprint density at radius 2 is 1.74 bits per heavy atom. The Morgan fingerprint density at radius 1 is 1.15 bits per heavy atom. The maximum absolute atomic E-state index is 12.4. The number of nitrogens with one attached hydrogen (secondary N) is 2. The van der Waals surface area contributed by atoms with Crippen LogP contribution in [0.4, 0.5) is 5.69 Å². The molecule has 0 spiro atoms. The van der Waals surface area contributed by atoms with Crippen LogP contribution in [-0.4, -0.2) is 44.6 Å². The number of hydrogen-bond acceptors (Lipinski definition) is 5.